The molecule has 4 nitrogen and oxygen atoms in total. The Kier molecular flexibility index (Phi) is 4.68. The van der Waals surface area contributed by atoms with E-state index in [4.69, 9.17) is 11.6 Å². The summed E-state index contributed by atoms with van der Waals surface area (Å²) in [6, 6.07) is 8.87. The van der Waals surface area contributed by atoms with Crippen molar-refractivity contribution in [3.05, 3.63) is 65.2 Å². The first-order valence-corrected chi connectivity index (χ1v) is 6.13. The van der Waals surface area contributed by atoms with Gasteiger partial charge in [-0.1, -0.05) is 29.8 Å². The van der Waals surface area contributed by atoms with Crippen LogP contribution in [0, 0.1) is 5.82 Å². The first-order valence-electron chi connectivity index (χ1n) is 5.75. The molecule has 6 heteroatoms. The maximum absolute atomic E-state index is 13.3. The van der Waals surface area contributed by atoms with E-state index in [1.165, 1.54) is 30.6 Å². The van der Waals surface area contributed by atoms with E-state index in [1.54, 1.807) is 24.3 Å². The third kappa shape index (κ3) is 4.07. The summed E-state index contributed by atoms with van der Waals surface area (Å²) in [6.07, 6.45) is 4.28. The lowest BCUT2D eigenvalue weighted by Gasteiger charge is -2.03. The molecular formula is C14H11ClFN3O. The van der Waals surface area contributed by atoms with E-state index in [9.17, 15) is 9.18 Å². The summed E-state index contributed by atoms with van der Waals surface area (Å²) in [7, 11) is 0. The van der Waals surface area contributed by atoms with Gasteiger partial charge in [0, 0.05) is 23.0 Å². The minimum Gasteiger partial charge on any atom is -0.314 e. The number of pyridine rings is 1. The quantitative estimate of drug-likeness (QED) is 0.906. The molecule has 2 aromatic rings. The van der Waals surface area contributed by atoms with Gasteiger partial charge in [0.1, 0.15) is 11.6 Å². The number of rotatable bonds is 3. The van der Waals surface area contributed by atoms with Crippen molar-refractivity contribution in [1.29, 1.82) is 0 Å². The molecular weight excluding hydrogens is 281 g/mol. The second kappa shape index (κ2) is 6.68. The SMILES string of the molecule is O=C(N/C=C/c1ccccc1F)Nc1cc(Cl)ccn1. The predicted octanol–water partition coefficient (Wildman–Crippen LogP) is 3.67. The highest BCUT2D eigenvalue weighted by Gasteiger charge is 2.01. The van der Waals surface area contributed by atoms with Crippen molar-refractivity contribution in [3.8, 4) is 0 Å². The van der Waals surface area contributed by atoms with E-state index in [0.29, 0.717) is 16.4 Å². The molecule has 0 radical (unpaired) electrons. The van der Waals surface area contributed by atoms with E-state index < -0.39 is 6.03 Å². The zero-order valence-corrected chi connectivity index (χ0v) is 11.1. The van der Waals surface area contributed by atoms with Crippen molar-refractivity contribution >= 4 is 29.5 Å². The summed E-state index contributed by atoms with van der Waals surface area (Å²) in [5, 5.41) is 5.41. The minimum absolute atomic E-state index is 0.328. The Bertz CT molecular complexity index is 646. The second-order valence-corrected chi connectivity index (χ2v) is 4.25. The van der Waals surface area contributed by atoms with E-state index in [0.717, 1.165) is 0 Å². The van der Waals surface area contributed by atoms with Crippen LogP contribution in [-0.2, 0) is 0 Å². The molecule has 20 heavy (non-hydrogen) atoms. The maximum Gasteiger partial charge on any atom is 0.324 e. The van der Waals surface area contributed by atoms with Gasteiger partial charge in [-0.3, -0.25) is 5.32 Å². The highest BCUT2D eigenvalue weighted by molar-refractivity contribution is 6.30. The van der Waals surface area contributed by atoms with Crippen molar-refractivity contribution in [2.75, 3.05) is 5.32 Å². The van der Waals surface area contributed by atoms with Crippen molar-refractivity contribution in [1.82, 2.24) is 10.3 Å². The number of nitrogens with zero attached hydrogens (tertiary/aromatic N) is 1. The van der Waals surface area contributed by atoms with Gasteiger partial charge < -0.3 is 5.32 Å². The number of hydrogen-bond donors (Lipinski definition) is 2. The average Bonchev–Trinajstić information content (AvgIpc) is 2.41. The fraction of sp³-hybridized carbons (Fsp3) is 0. The monoisotopic (exact) mass is 291 g/mol. The van der Waals surface area contributed by atoms with Crippen molar-refractivity contribution < 1.29 is 9.18 Å². The van der Waals surface area contributed by atoms with Crippen LogP contribution >= 0.6 is 11.6 Å². The number of carbonyl (C=O) groups is 1. The largest absolute Gasteiger partial charge is 0.324 e. The first kappa shape index (κ1) is 14.0. The van der Waals surface area contributed by atoms with Crippen LogP contribution in [0.3, 0.4) is 0 Å². The molecule has 0 spiro atoms. The van der Waals surface area contributed by atoms with Crippen LogP contribution in [-0.4, -0.2) is 11.0 Å². The van der Waals surface area contributed by atoms with E-state index >= 15 is 0 Å². The van der Waals surface area contributed by atoms with E-state index in [-0.39, 0.29) is 5.82 Å². The molecule has 0 fully saturated rings. The van der Waals surface area contributed by atoms with Gasteiger partial charge in [-0.15, -0.1) is 0 Å². The number of hydrogen-bond acceptors (Lipinski definition) is 2. The first-order chi connectivity index (χ1) is 9.65. The number of anilines is 1. The van der Waals surface area contributed by atoms with Gasteiger partial charge >= 0.3 is 6.03 Å². The zero-order chi connectivity index (χ0) is 14.4. The van der Waals surface area contributed by atoms with Gasteiger partial charge in [0.15, 0.2) is 0 Å². The van der Waals surface area contributed by atoms with Gasteiger partial charge in [0.05, 0.1) is 0 Å². The molecule has 2 amide bonds. The molecule has 1 heterocycles. The Morgan fingerprint density at radius 1 is 1.30 bits per heavy atom. The summed E-state index contributed by atoms with van der Waals surface area (Å²) in [6.45, 7) is 0. The van der Waals surface area contributed by atoms with Crippen LogP contribution < -0.4 is 10.6 Å². The highest BCUT2D eigenvalue weighted by atomic mass is 35.5. The lowest BCUT2D eigenvalue weighted by atomic mass is 10.2. The van der Waals surface area contributed by atoms with Crippen LogP contribution in [0.5, 0.6) is 0 Å². The molecule has 0 saturated carbocycles. The smallest absolute Gasteiger partial charge is 0.314 e. The van der Waals surface area contributed by atoms with Crippen molar-refractivity contribution in [3.63, 3.8) is 0 Å². The molecule has 1 aromatic heterocycles. The number of aromatic nitrogens is 1. The summed E-state index contributed by atoms with van der Waals surface area (Å²) in [5.41, 5.74) is 0.383. The Morgan fingerprint density at radius 2 is 2.10 bits per heavy atom. The standard InChI is InChI=1S/C14H11ClFN3O/c15-11-6-8-17-13(9-11)19-14(20)18-7-5-10-3-1-2-4-12(10)16/h1-9H,(H2,17,18,19,20)/b7-5+. The third-order valence-electron chi connectivity index (χ3n) is 2.35. The van der Waals surface area contributed by atoms with Crippen molar-refractivity contribution in [2.45, 2.75) is 0 Å². The molecule has 0 aliphatic rings. The summed E-state index contributed by atoms with van der Waals surface area (Å²) in [5.74, 6) is -0.0308. The predicted molar refractivity (Wildman–Crippen MR) is 76.8 cm³/mol. The number of amides is 2. The molecule has 0 bridgehead atoms. The topological polar surface area (TPSA) is 54.0 Å². The summed E-state index contributed by atoms with van der Waals surface area (Å²) < 4.78 is 13.3. The maximum atomic E-state index is 13.3. The number of halogens is 2. The Hall–Kier alpha value is -2.40. The summed E-state index contributed by atoms with van der Waals surface area (Å²) >= 11 is 5.76. The molecule has 102 valence electrons. The number of benzene rings is 1. The van der Waals surface area contributed by atoms with Crippen LogP contribution in [0.4, 0.5) is 15.0 Å². The molecule has 1 aromatic carbocycles. The van der Waals surface area contributed by atoms with Crippen LogP contribution in [0.2, 0.25) is 5.02 Å². The van der Waals surface area contributed by atoms with Crippen LogP contribution in [0.15, 0.2) is 48.8 Å². The molecule has 2 rings (SSSR count). The Morgan fingerprint density at radius 3 is 2.85 bits per heavy atom. The second-order valence-electron chi connectivity index (χ2n) is 3.81. The van der Waals surface area contributed by atoms with Crippen LogP contribution in [0.25, 0.3) is 6.08 Å². The van der Waals surface area contributed by atoms with E-state index in [1.807, 2.05) is 0 Å². The van der Waals surface area contributed by atoms with Gasteiger partial charge in [-0.25, -0.2) is 14.2 Å². The fourth-order valence-corrected chi connectivity index (χ4v) is 1.60. The Labute approximate surface area is 120 Å². The highest BCUT2D eigenvalue weighted by Crippen LogP contribution is 2.11. The number of nitrogens with one attached hydrogen (secondary N) is 2. The molecule has 0 aliphatic carbocycles. The van der Waals surface area contributed by atoms with Gasteiger partial charge in [0.25, 0.3) is 0 Å². The fourth-order valence-electron chi connectivity index (χ4n) is 1.44. The molecule has 0 unspecified atom stereocenters. The van der Waals surface area contributed by atoms with Crippen molar-refractivity contribution in [2.24, 2.45) is 0 Å². The van der Waals surface area contributed by atoms with Gasteiger partial charge in [0.2, 0.25) is 0 Å². The molecule has 0 saturated heterocycles. The normalized spacial score (nSPS) is 10.5. The minimum atomic E-state index is -0.493. The lowest BCUT2D eigenvalue weighted by molar-refractivity contribution is 0.255. The Balaban J connectivity index is 1.91. The number of urea groups is 1. The van der Waals surface area contributed by atoms with Gasteiger partial charge in [-0.2, -0.15) is 0 Å². The third-order valence-corrected chi connectivity index (χ3v) is 2.58. The van der Waals surface area contributed by atoms with Crippen LogP contribution in [0.1, 0.15) is 5.56 Å². The number of carbonyl (C=O) groups excluding carboxylic acids is 1. The van der Waals surface area contributed by atoms with Gasteiger partial charge in [-0.05, 0) is 24.3 Å². The summed E-state index contributed by atoms with van der Waals surface area (Å²) in [4.78, 5) is 15.5. The zero-order valence-electron chi connectivity index (χ0n) is 10.3. The lowest BCUT2D eigenvalue weighted by Crippen LogP contribution is -2.24. The average molecular weight is 292 g/mol. The van der Waals surface area contributed by atoms with E-state index in [2.05, 4.69) is 15.6 Å². The molecule has 0 atom stereocenters. The molecule has 2 N–H and O–H groups in total. The molecule has 0 aliphatic heterocycles.